The number of nitrogens with one attached hydrogen (secondary N) is 2. The Morgan fingerprint density at radius 2 is 1.93 bits per heavy atom. The van der Waals surface area contributed by atoms with Crippen LogP contribution in [0.15, 0.2) is 30.3 Å². The summed E-state index contributed by atoms with van der Waals surface area (Å²) in [5, 5.41) is 17.9. The number of carbonyl (C=O) groups excluding carboxylic acids is 1. The van der Waals surface area contributed by atoms with E-state index in [2.05, 4.69) is 33.1 Å². The predicted octanol–water partition coefficient (Wildman–Crippen LogP) is 2.33. The monoisotopic (exact) mass is 417 g/mol. The molecule has 27 heavy (non-hydrogen) atoms. The summed E-state index contributed by atoms with van der Waals surface area (Å²) in [5.41, 5.74) is 6.59. The summed E-state index contributed by atoms with van der Waals surface area (Å²) in [6.45, 7) is 4.50. The van der Waals surface area contributed by atoms with Crippen LogP contribution in [0.3, 0.4) is 0 Å². The topological polar surface area (TPSA) is 111 Å². The van der Waals surface area contributed by atoms with Gasteiger partial charge in [-0.1, -0.05) is 50.0 Å². The molecule has 1 aromatic heterocycles. The Morgan fingerprint density at radius 1 is 1.22 bits per heavy atom. The number of anilines is 1. The molecule has 0 radical (unpaired) electrons. The maximum atomic E-state index is 12.6. The summed E-state index contributed by atoms with van der Waals surface area (Å²) in [5.74, 6) is 0.350. The second-order valence-electron chi connectivity index (χ2n) is 5.94. The maximum absolute atomic E-state index is 12.6. The first-order chi connectivity index (χ1) is 12.2. The molecule has 2 atom stereocenters. The Labute approximate surface area is 172 Å². The number of carbonyl (C=O) groups is 1. The summed E-state index contributed by atoms with van der Waals surface area (Å²) < 4.78 is 1.58. The summed E-state index contributed by atoms with van der Waals surface area (Å²) in [6, 6.07) is 9.11. The van der Waals surface area contributed by atoms with Gasteiger partial charge >= 0.3 is 0 Å². The second-order valence-corrected chi connectivity index (χ2v) is 5.94. The molecular formula is C17H29Cl2N7O. The van der Waals surface area contributed by atoms with E-state index in [0.29, 0.717) is 18.9 Å². The van der Waals surface area contributed by atoms with Crippen LogP contribution in [-0.2, 0) is 4.79 Å². The van der Waals surface area contributed by atoms with Crippen molar-refractivity contribution < 1.29 is 4.79 Å². The van der Waals surface area contributed by atoms with E-state index in [-0.39, 0.29) is 36.8 Å². The van der Waals surface area contributed by atoms with Crippen LogP contribution in [0, 0.1) is 0 Å². The molecule has 1 amide bonds. The first-order valence-corrected chi connectivity index (χ1v) is 8.80. The third-order valence-electron chi connectivity index (χ3n) is 4.04. The van der Waals surface area contributed by atoms with E-state index in [4.69, 9.17) is 5.73 Å². The van der Waals surface area contributed by atoms with E-state index in [1.807, 2.05) is 37.3 Å². The fraction of sp³-hybridized carbons (Fsp3) is 0.529. The molecule has 2 unspecified atom stereocenters. The number of hydrogen-bond acceptors (Lipinski definition) is 6. The van der Waals surface area contributed by atoms with Crippen molar-refractivity contribution in [3.8, 4) is 5.69 Å². The highest BCUT2D eigenvalue weighted by atomic mass is 35.5. The van der Waals surface area contributed by atoms with E-state index in [1.165, 1.54) is 0 Å². The Balaban J connectivity index is 0.00000338. The molecule has 0 saturated carbocycles. The zero-order valence-corrected chi connectivity index (χ0v) is 17.3. The minimum Gasteiger partial charge on any atom is -0.350 e. The van der Waals surface area contributed by atoms with Crippen LogP contribution in [0.25, 0.3) is 5.69 Å². The molecule has 4 N–H and O–H groups in total. The van der Waals surface area contributed by atoms with Crippen molar-refractivity contribution in [1.82, 2.24) is 25.5 Å². The number of nitrogens with zero attached hydrogens (tertiary/aromatic N) is 4. The van der Waals surface area contributed by atoms with Crippen LogP contribution in [0.1, 0.15) is 39.5 Å². The number of rotatable bonds is 10. The molecule has 0 aliphatic rings. The lowest BCUT2D eigenvalue weighted by atomic mass is 10.1. The van der Waals surface area contributed by atoms with Gasteiger partial charge in [0.25, 0.3) is 0 Å². The fourth-order valence-electron chi connectivity index (χ4n) is 2.53. The van der Waals surface area contributed by atoms with Gasteiger partial charge in [-0.15, -0.1) is 24.8 Å². The van der Waals surface area contributed by atoms with Crippen LogP contribution in [-0.4, -0.2) is 44.7 Å². The minimum atomic E-state index is -0.427. The quantitative estimate of drug-likeness (QED) is 0.546. The molecule has 2 rings (SSSR count). The van der Waals surface area contributed by atoms with Gasteiger partial charge in [0.05, 0.1) is 5.69 Å². The molecule has 0 aliphatic heterocycles. The Morgan fingerprint density at radius 3 is 2.52 bits per heavy atom. The van der Waals surface area contributed by atoms with Gasteiger partial charge in [-0.3, -0.25) is 4.79 Å². The molecule has 1 heterocycles. The molecule has 0 spiro atoms. The van der Waals surface area contributed by atoms with Crippen LogP contribution in [0.4, 0.5) is 5.95 Å². The van der Waals surface area contributed by atoms with Gasteiger partial charge in [-0.05, 0) is 35.4 Å². The highest BCUT2D eigenvalue weighted by Crippen LogP contribution is 2.12. The summed E-state index contributed by atoms with van der Waals surface area (Å²) in [7, 11) is 0. The van der Waals surface area contributed by atoms with Gasteiger partial charge in [-0.2, -0.15) is 4.68 Å². The highest BCUT2D eigenvalue weighted by Gasteiger charge is 2.21. The lowest BCUT2D eigenvalue weighted by Crippen LogP contribution is -2.47. The smallest absolute Gasteiger partial charge is 0.248 e. The van der Waals surface area contributed by atoms with Gasteiger partial charge < -0.3 is 16.4 Å². The molecule has 8 nitrogen and oxygen atoms in total. The lowest BCUT2D eigenvalue weighted by molar-refractivity contribution is -0.122. The van der Waals surface area contributed by atoms with Gasteiger partial charge in [0, 0.05) is 12.6 Å². The average Bonchev–Trinajstić information content (AvgIpc) is 3.11. The largest absolute Gasteiger partial charge is 0.350 e. The summed E-state index contributed by atoms with van der Waals surface area (Å²) >= 11 is 0. The number of aromatic nitrogens is 4. The summed E-state index contributed by atoms with van der Waals surface area (Å²) in [4.78, 5) is 12.6. The van der Waals surface area contributed by atoms with Crippen LogP contribution < -0.4 is 16.4 Å². The van der Waals surface area contributed by atoms with Gasteiger partial charge in [-0.25, -0.2) is 0 Å². The van der Waals surface area contributed by atoms with Crippen molar-refractivity contribution >= 4 is 36.7 Å². The standard InChI is InChI=1S/C17H27N7O.2ClH/c1-3-5-9-13(12-18)19-16(25)15(4-2)20-17-21-22-23-24(17)14-10-7-6-8-11-14;;/h6-8,10-11,13,15H,3-5,9,12,18H2,1-2H3,(H,19,25)(H,20,21,23);2*1H. The third kappa shape index (κ3) is 7.32. The van der Waals surface area contributed by atoms with E-state index in [1.54, 1.807) is 4.68 Å². The van der Waals surface area contributed by atoms with E-state index in [0.717, 1.165) is 24.9 Å². The lowest BCUT2D eigenvalue weighted by Gasteiger charge is -2.22. The number of halogens is 2. The zero-order chi connectivity index (χ0) is 18.1. The van der Waals surface area contributed by atoms with Crippen molar-refractivity contribution in [2.45, 2.75) is 51.6 Å². The molecule has 0 saturated heterocycles. The summed E-state index contributed by atoms with van der Waals surface area (Å²) in [6.07, 6.45) is 3.61. The number of benzene rings is 1. The number of hydrogen-bond donors (Lipinski definition) is 3. The van der Waals surface area contributed by atoms with Gasteiger partial charge in [0.1, 0.15) is 6.04 Å². The van der Waals surface area contributed by atoms with Crippen LogP contribution >= 0.6 is 24.8 Å². The van der Waals surface area contributed by atoms with Gasteiger partial charge in [0.2, 0.25) is 11.9 Å². The predicted molar refractivity (Wildman–Crippen MR) is 112 cm³/mol. The fourth-order valence-corrected chi connectivity index (χ4v) is 2.53. The van der Waals surface area contributed by atoms with Crippen molar-refractivity contribution in [3.63, 3.8) is 0 Å². The number of para-hydroxylation sites is 1. The van der Waals surface area contributed by atoms with Crippen LogP contribution in [0.2, 0.25) is 0 Å². The second kappa shape index (κ2) is 13.3. The third-order valence-corrected chi connectivity index (χ3v) is 4.04. The Hall–Kier alpha value is -1.90. The molecular weight excluding hydrogens is 389 g/mol. The first kappa shape index (κ1) is 25.1. The van der Waals surface area contributed by atoms with E-state index in [9.17, 15) is 4.79 Å². The maximum Gasteiger partial charge on any atom is 0.248 e. The number of unbranched alkanes of at least 4 members (excludes halogenated alkanes) is 1. The first-order valence-electron chi connectivity index (χ1n) is 8.80. The van der Waals surface area contributed by atoms with E-state index < -0.39 is 6.04 Å². The molecule has 0 bridgehead atoms. The van der Waals surface area contributed by atoms with Crippen LogP contribution in [0.5, 0.6) is 0 Å². The average molecular weight is 418 g/mol. The SMILES string of the molecule is CCCCC(CN)NC(=O)C(CC)Nc1nnnn1-c1ccccc1.Cl.Cl. The molecule has 152 valence electrons. The van der Waals surface area contributed by atoms with Gasteiger partial charge in [0.15, 0.2) is 0 Å². The van der Waals surface area contributed by atoms with E-state index >= 15 is 0 Å². The molecule has 10 heteroatoms. The molecule has 1 aromatic carbocycles. The zero-order valence-electron chi connectivity index (χ0n) is 15.7. The Kier molecular flexibility index (Phi) is 12.4. The molecule has 0 fully saturated rings. The van der Waals surface area contributed by atoms with Crippen molar-refractivity contribution in [3.05, 3.63) is 30.3 Å². The number of nitrogens with two attached hydrogens (primary N) is 1. The normalized spacial score (nSPS) is 12.3. The van der Waals surface area contributed by atoms with Crippen molar-refractivity contribution in [2.24, 2.45) is 5.73 Å². The van der Waals surface area contributed by atoms with Crippen molar-refractivity contribution in [2.75, 3.05) is 11.9 Å². The minimum absolute atomic E-state index is 0. The number of amides is 1. The number of tetrazole rings is 1. The molecule has 2 aromatic rings. The highest BCUT2D eigenvalue weighted by molar-refractivity contribution is 5.85. The van der Waals surface area contributed by atoms with Crippen molar-refractivity contribution in [1.29, 1.82) is 0 Å². The molecule has 0 aliphatic carbocycles. The Bertz CT molecular complexity index is 654.